The summed E-state index contributed by atoms with van der Waals surface area (Å²) >= 11 is 6.22. The molecule has 0 saturated carbocycles. The van der Waals surface area contributed by atoms with Crippen molar-refractivity contribution in [1.29, 1.82) is 0 Å². The Morgan fingerprint density at radius 2 is 2.00 bits per heavy atom. The summed E-state index contributed by atoms with van der Waals surface area (Å²) in [5.74, 6) is 1.19. The van der Waals surface area contributed by atoms with Crippen molar-refractivity contribution in [3.8, 4) is 11.5 Å². The lowest BCUT2D eigenvalue weighted by molar-refractivity contribution is 0.171. The van der Waals surface area contributed by atoms with E-state index in [0.717, 1.165) is 12.2 Å². The first-order valence-corrected chi connectivity index (χ1v) is 7.72. The van der Waals surface area contributed by atoms with Crippen molar-refractivity contribution in [2.75, 3.05) is 25.1 Å². The summed E-state index contributed by atoms with van der Waals surface area (Å²) < 4.78 is 13.0. The minimum atomic E-state index is -0.198. The van der Waals surface area contributed by atoms with Gasteiger partial charge in [-0.25, -0.2) is 9.78 Å². The highest BCUT2D eigenvalue weighted by Crippen LogP contribution is 2.38. The standard InChI is InChI=1S/C15H15ClN4O3/c16-11-5-13-14(23-4-3-22-13)6-12(11)18-15(21)19-1-2-20-9-17-7-10(20)8-19/h5-7,9H,1-4,8H2,(H,18,21). The fourth-order valence-electron chi connectivity index (χ4n) is 2.71. The molecule has 0 atom stereocenters. The number of aromatic nitrogens is 2. The van der Waals surface area contributed by atoms with Crippen LogP contribution in [0.2, 0.25) is 5.02 Å². The number of carbonyl (C=O) groups excluding carboxylic acids is 1. The van der Waals surface area contributed by atoms with Gasteiger partial charge in [-0.15, -0.1) is 0 Å². The monoisotopic (exact) mass is 334 g/mol. The van der Waals surface area contributed by atoms with Crippen LogP contribution in [0.25, 0.3) is 0 Å². The van der Waals surface area contributed by atoms with E-state index in [-0.39, 0.29) is 6.03 Å². The second kappa shape index (κ2) is 5.66. The van der Waals surface area contributed by atoms with Crippen LogP contribution < -0.4 is 14.8 Å². The van der Waals surface area contributed by atoms with Crippen LogP contribution in [0, 0.1) is 0 Å². The quantitative estimate of drug-likeness (QED) is 0.869. The minimum absolute atomic E-state index is 0.198. The Morgan fingerprint density at radius 1 is 1.22 bits per heavy atom. The molecule has 7 nitrogen and oxygen atoms in total. The van der Waals surface area contributed by atoms with E-state index in [9.17, 15) is 4.79 Å². The molecule has 0 saturated heterocycles. The molecule has 2 aliphatic rings. The summed E-state index contributed by atoms with van der Waals surface area (Å²) in [7, 11) is 0. The van der Waals surface area contributed by atoms with Crippen molar-refractivity contribution in [1.82, 2.24) is 14.5 Å². The van der Waals surface area contributed by atoms with E-state index in [2.05, 4.69) is 10.3 Å². The third-order valence-electron chi connectivity index (χ3n) is 3.92. The van der Waals surface area contributed by atoms with Gasteiger partial charge in [-0.1, -0.05) is 11.6 Å². The molecule has 2 aliphatic heterocycles. The van der Waals surface area contributed by atoms with Crippen molar-refractivity contribution in [2.45, 2.75) is 13.1 Å². The highest BCUT2D eigenvalue weighted by atomic mass is 35.5. The number of halogens is 1. The fourth-order valence-corrected chi connectivity index (χ4v) is 2.91. The fraction of sp³-hybridized carbons (Fsp3) is 0.333. The van der Waals surface area contributed by atoms with Crippen molar-refractivity contribution >= 4 is 23.3 Å². The molecule has 23 heavy (non-hydrogen) atoms. The van der Waals surface area contributed by atoms with E-state index in [1.807, 2.05) is 4.57 Å². The van der Waals surface area contributed by atoms with Crippen LogP contribution >= 0.6 is 11.6 Å². The van der Waals surface area contributed by atoms with Gasteiger partial charge in [0.2, 0.25) is 0 Å². The predicted molar refractivity (Wildman–Crippen MR) is 84.1 cm³/mol. The Balaban J connectivity index is 1.51. The van der Waals surface area contributed by atoms with Crippen LogP contribution in [0.15, 0.2) is 24.7 Å². The first-order valence-electron chi connectivity index (χ1n) is 7.35. The number of amides is 2. The molecule has 8 heteroatoms. The van der Waals surface area contributed by atoms with Gasteiger partial charge in [0.15, 0.2) is 11.5 Å². The van der Waals surface area contributed by atoms with Gasteiger partial charge >= 0.3 is 6.03 Å². The molecule has 0 aliphatic carbocycles. The molecule has 3 heterocycles. The summed E-state index contributed by atoms with van der Waals surface area (Å²) in [6.45, 7) is 2.86. The second-order valence-corrected chi connectivity index (χ2v) is 5.81. The average molecular weight is 335 g/mol. The SMILES string of the molecule is O=C(Nc1cc2c(cc1Cl)OCCO2)N1CCn2cncc2C1. The number of imidazole rings is 1. The minimum Gasteiger partial charge on any atom is -0.486 e. The summed E-state index contributed by atoms with van der Waals surface area (Å²) in [4.78, 5) is 18.3. The van der Waals surface area contributed by atoms with E-state index in [4.69, 9.17) is 21.1 Å². The van der Waals surface area contributed by atoms with E-state index in [1.54, 1.807) is 29.6 Å². The first kappa shape index (κ1) is 14.2. The number of hydrogen-bond acceptors (Lipinski definition) is 4. The Hall–Kier alpha value is -2.41. The number of hydrogen-bond donors (Lipinski definition) is 1. The van der Waals surface area contributed by atoms with Crippen LogP contribution in [-0.2, 0) is 13.1 Å². The molecule has 1 N–H and O–H groups in total. The molecule has 120 valence electrons. The van der Waals surface area contributed by atoms with E-state index in [0.29, 0.717) is 48.5 Å². The number of nitrogens with one attached hydrogen (secondary N) is 1. The van der Waals surface area contributed by atoms with Crippen LogP contribution in [0.4, 0.5) is 10.5 Å². The molecular formula is C15H15ClN4O3. The van der Waals surface area contributed by atoms with Crippen LogP contribution in [-0.4, -0.2) is 40.2 Å². The summed E-state index contributed by atoms with van der Waals surface area (Å²) in [6, 6.07) is 3.16. The molecule has 0 unspecified atom stereocenters. The maximum atomic E-state index is 12.5. The predicted octanol–water partition coefficient (Wildman–Crippen LogP) is 2.36. The topological polar surface area (TPSA) is 68.6 Å². The van der Waals surface area contributed by atoms with Gasteiger partial charge in [0.25, 0.3) is 0 Å². The third-order valence-corrected chi connectivity index (χ3v) is 4.24. The Morgan fingerprint density at radius 3 is 2.83 bits per heavy atom. The lowest BCUT2D eigenvalue weighted by Crippen LogP contribution is -2.40. The Labute approximate surface area is 137 Å². The van der Waals surface area contributed by atoms with Gasteiger partial charge < -0.3 is 24.3 Å². The molecule has 1 aromatic heterocycles. The first-order chi connectivity index (χ1) is 11.2. The van der Waals surface area contributed by atoms with Crippen LogP contribution in [0.1, 0.15) is 5.69 Å². The maximum Gasteiger partial charge on any atom is 0.322 e. The Kier molecular flexibility index (Phi) is 3.49. The van der Waals surface area contributed by atoms with Gasteiger partial charge in [-0.05, 0) is 0 Å². The molecule has 0 fully saturated rings. The molecule has 0 spiro atoms. The number of nitrogens with zero attached hydrogens (tertiary/aromatic N) is 3. The van der Waals surface area contributed by atoms with Gasteiger partial charge in [0, 0.05) is 31.4 Å². The van der Waals surface area contributed by atoms with Gasteiger partial charge in [-0.2, -0.15) is 0 Å². The Bertz CT molecular complexity index is 761. The zero-order valence-corrected chi connectivity index (χ0v) is 13.0. The van der Waals surface area contributed by atoms with E-state index in [1.165, 1.54) is 0 Å². The molecule has 0 bridgehead atoms. The number of anilines is 1. The maximum absolute atomic E-state index is 12.5. The molecular weight excluding hydrogens is 320 g/mol. The van der Waals surface area contributed by atoms with Crippen molar-refractivity contribution in [2.24, 2.45) is 0 Å². The largest absolute Gasteiger partial charge is 0.486 e. The third kappa shape index (κ3) is 2.68. The summed E-state index contributed by atoms with van der Waals surface area (Å²) in [6.07, 6.45) is 3.55. The molecule has 1 aromatic carbocycles. The average Bonchev–Trinajstić information content (AvgIpc) is 3.03. The number of rotatable bonds is 1. The van der Waals surface area contributed by atoms with Gasteiger partial charge in [0.05, 0.1) is 29.3 Å². The number of fused-ring (bicyclic) bond motifs is 2. The molecule has 4 rings (SSSR count). The van der Waals surface area contributed by atoms with Crippen molar-refractivity contribution in [3.63, 3.8) is 0 Å². The van der Waals surface area contributed by atoms with Crippen molar-refractivity contribution in [3.05, 3.63) is 35.4 Å². The zero-order chi connectivity index (χ0) is 15.8. The molecule has 0 radical (unpaired) electrons. The second-order valence-electron chi connectivity index (χ2n) is 5.41. The smallest absolute Gasteiger partial charge is 0.322 e. The lowest BCUT2D eigenvalue weighted by atomic mass is 10.2. The summed E-state index contributed by atoms with van der Waals surface area (Å²) in [5.41, 5.74) is 1.53. The van der Waals surface area contributed by atoms with E-state index >= 15 is 0 Å². The van der Waals surface area contributed by atoms with Crippen LogP contribution in [0.5, 0.6) is 11.5 Å². The highest BCUT2D eigenvalue weighted by molar-refractivity contribution is 6.34. The van der Waals surface area contributed by atoms with E-state index < -0.39 is 0 Å². The lowest BCUT2D eigenvalue weighted by Gasteiger charge is -2.28. The number of carbonyl (C=O) groups is 1. The zero-order valence-electron chi connectivity index (χ0n) is 12.3. The highest BCUT2D eigenvalue weighted by Gasteiger charge is 2.22. The number of benzene rings is 1. The molecule has 2 aromatic rings. The van der Waals surface area contributed by atoms with Gasteiger partial charge in [-0.3, -0.25) is 0 Å². The summed E-state index contributed by atoms with van der Waals surface area (Å²) in [5, 5.41) is 3.26. The normalized spacial score (nSPS) is 16.0. The number of urea groups is 1. The number of ether oxygens (including phenoxy) is 2. The van der Waals surface area contributed by atoms with Gasteiger partial charge in [0.1, 0.15) is 13.2 Å². The molecule has 2 amide bonds. The van der Waals surface area contributed by atoms with Crippen LogP contribution in [0.3, 0.4) is 0 Å². The van der Waals surface area contributed by atoms with Crippen molar-refractivity contribution < 1.29 is 14.3 Å².